The second kappa shape index (κ2) is 7.53. The number of rotatable bonds is 7. The van der Waals surface area contributed by atoms with Crippen molar-refractivity contribution in [2.75, 3.05) is 32.9 Å². The van der Waals surface area contributed by atoms with Gasteiger partial charge in [-0.1, -0.05) is 19.0 Å². The first-order chi connectivity index (χ1) is 10.7. The molecule has 2 atom stereocenters. The molecule has 6 nitrogen and oxygen atoms in total. The Bertz CT molecular complexity index is 457. The van der Waals surface area contributed by atoms with Crippen molar-refractivity contribution in [1.29, 1.82) is 0 Å². The third kappa shape index (κ3) is 3.86. The maximum atomic E-state index is 5.78. The molecule has 0 spiro atoms. The SMILES string of the molecule is CC(C)c1nc(C2CCCN2CCOCC2CCCO2)no1. The van der Waals surface area contributed by atoms with Gasteiger partial charge in [0.2, 0.25) is 5.89 Å². The highest BCUT2D eigenvalue weighted by Crippen LogP contribution is 2.30. The molecular formula is C16H27N3O3. The van der Waals surface area contributed by atoms with Crippen LogP contribution >= 0.6 is 0 Å². The highest BCUT2D eigenvalue weighted by atomic mass is 16.5. The first-order valence-corrected chi connectivity index (χ1v) is 8.51. The highest BCUT2D eigenvalue weighted by molar-refractivity contribution is 4.99. The van der Waals surface area contributed by atoms with Gasteiger partial charge in [0.15, 0.2) is 5.82 Å². The normalized spacial score (nSPS) is 26.3. The monoisotopic (exact) mass is 309 g/mol. The van der Waals surface area contributed by atoms with E-state index in [1.807, 2.05) is 0 Å². The molecule has 124 valence electrons. The molecule has 0 amide bonds. The summed E-state index contributed by atoms with van der Waals surface area (Å²) in [6.45, 7) is 8.50. The molecule has 0 bridgehead atoms. The molecular weight excluding hydrogens is 282 g/mol. The highest BCUT2D eigenvalue weighted by Gasteiger charge is 2.30. The minimum atomic E-state index is 0.280. The Labute approximate surface area is 132 Å². The van der Waals surface area contributed by atoms with Crippen LogP contribution in [-0.2, 0) is 9.47 Å². The van der Waals surface area contributed by atoms with Crippen LogP contribution < -0.4 is 0 Å². The van der Waals surface area contributed by atoms with Crippen LogP contribution in [0.2, 0.25) is 0 Å². The molecule has 1 aromatic heterocycles. The molecule has 1 aromatic rings. The van der Waals surface area contributed by atoms with E-state index in [-0.39, 0.29) is 12.0 Å². The van der Waals surface area contributed by atoms with Gasteiger partial charge in [0.1, 0.15) is 0 Å². The van der Waals surface area contributed by atoms with Crippen LogP contribution in [0.4, 0.5) is 0 Å². The van der Waals surface area contributed by atoms with E-state index >= 15 is 0 Å². The van der Waals surface area contributed by atoms with Gasteiger partial charge in [-0.2, -0.15) is 4.98 Å². The zero-order chi connectivity index (χ0) is 15.4. The molecule has 2 fully saturated rings. The van der Waals surface area contributed by atoms with E-state index in [9.17, 15) is 0 Å². The lowest BCUT2D eigenvalue weighted by molar-refractivity contribution is 0.00920. The largest absolute Gasteiger partial charge is 0.377 e. The average Bonchev–Trinajstić information content (AvgIpc) is 3.23. The van der Waals surface area contributed by atoms with Crippen molar-refractivity contribution in [1.82, 2.24) is 15.0 Å². The Morgan fingerprint density at radius 3 is 2.95 bits per heavy atom. The van der Waals surface area contributed by atoms with Crippen LogP contribution in [-0.4, -0.2) is 54.1 Å². The van der Waals surface area contributed by atoms with E-state index < -0.39 is 0 Å². The van der Waals surface area contributed by atoms with E-state index in [0.29, 0.717) is 6.10 Å². The van der Waals surface area contributed by atoms with Crippen molar-refractivity contribution in [2.24, 2.45) is 0 Å². The minimum absolute atomic E-state index is 0.280. The summed E-state index contributed by atoms with van der Waals surface area (Å²) in [5.74, 6) is 1.85. The fraction of sp³-hybridized carbons (Fsp3) is 0.875. The number of likely N-dealkylation sites (tertiary alicyclic amines) is 1. The maximum absolute atomic E-state index is 5.78. The number of ether oxygens (including phenoxy) is 2. The summed E-state index contributed by atoms with van der Waals surface area (Å²) >= 11 is 0. The molecule has 6 heteroatoms. The lowest BCUT2D eigenvalue weighted by atomic mass is 10.2. The predicted octanol–water partition coefficient (Wildman–Crippen LogP) is 2.53. The van der Waals surface area contributed by atoms with Crippen molar-refractivity contribution in [2.45, 2.75) is 57.6 Å². The summed E-state index contributed by atoms with van der Waals surface area (Å²) in [6, 6.07) is 0.280. The molecule has 3 heterocycles. The van der Waals surface area contributed by atoms with Crippen LogP contribution in [0, 0.1) is 0 Å². The van der Waals surface area contributed by atoms with Crippen molar-refractivity contribution in [3.63, 3.8) is 0 Å². The van der Waals surface area contributed by atoms with Gasteiger partial charge < -0.3 is 14.0 Å². The number of aromatic nitrogens is 2. The van der Waals surface area contributed by atoms with Gasteiger partial charge >= 0.3 is 0 Å². The van der Waals surface area contributed by atoms with E-state index in [1.165, 1.54) is 6.42 Å². The summed E-state index contributed by atoms with van der Waals surface area (Å²) in [6.07, 6.45) is 4.89. The number of nitrogens with zero attached hydrogens (tertiary/aromatic N) is 3. The van der Waals surface area contributed by atoms with E-state index in [0.717, 1.165) is 63.9 Å². The molecule has 0 radical (unpaired) electrons. The Hall–Kier alpha value is -0.980. The zero-order valence-electron chi connectivity index (χ0n) is 13.7. The molecule has 0 aromatic carbocycles. The van der Waals surface area contributed by atoms with Crippen LogP contribution in [0.25, 0.3) is 0 Å². The van der Waals surface area contributed by atoms with Gasteiger partial charge in [0, 0.05) is 19.1 Å². The van der Waals surface area contributed by atoms with Gasteiger partial charge in [0.25, 0.3) is 0 Å². The quantitative estimate of drug-likeness (QED) is 0.721. The Morgan fingerprint density at radius 1 is 1.32 bits per heavy atom. The fourth-order valence-corrected chi connectivity index (χ4v) is 3.18. The van der Waals surface area contributed by atoms with Gasteiger partial charge in [-0.3, -0.25) is 4.90 Å². The third-order valence-electron chi connectivity index (χ3n) is 4.46. The van der Waals surface area contributed by atoms with E-state index in [2.05, 4.69) is 28.9 Å². The summed E-state index contributed by atoms with van der Waals surface area (Å²) < 4.78 is 16.7. The topological polar surface area (TPSA) is 60.6 Å². The first kappa shape index (κ1) is 15.9. The smallest absolute Gasteiger partial charge is 0.229 e. The van der Waals surface area contributed by atoms with Crippen molar-refractivity contribution in [3.8, 4) is 0 Å². The lowest BCUT2D eigenvalue weighted by Crippen LogP contribution is -2.29. The molecule has 2 saturated heterocycles. The molecule has 0 aliphatic carbocycles. The zero-order valence-corrected chi connectivity index (χ0v) is 13.7. The second-order valence-electron chi connectivity index (χ2n) is 6.55. The van der Waals surface area contributed by atoms with Crippen molar-refractivity contribution in [3.05, 3.63) is 11.7 Å². The Balaban J connectivity index is 1.45. The summed E-state index contributed by atoms with van der Waals surface area (Å²) in [7, 11) is 0. The Kier molecular flexibility index (Phi) is 5.44. The third-order valence-corrected chi connectivity index (χ3v) is 4.46. The maximum Gasteiger partial charge on any atom is 0.229 e. The van der Waals surface area contributed by atoms with Crippen molar-refractivity contribution < 1.29 is 14.0 Å². The van der Waals surface area contributed by atoms with Crippen LogP contribution in [0.5, 0.6) is 0 Å². The molecule has 2 aliphatic rings. The van der Waals surface area contributed by atoms with Gasteiger partial charge in [-0.05, 0) is 32.2 Å². The van der Waals surface area contributed by atoms with Crippen LogP contribution in [0.1, 0.15) is 63.2 Å². The summed E-state index contributed by atoms with van der Waals surface area (Å²) in [5.41, 5.74) is 0. The lowest BCUT2D eigenvalue weighted by Gasteiger charge is -2.22. The van der Waals surface area contributed by atoms with Crippen molar-refractivity contribution >= 4 is 0 Å². The van der Waals surface area contributed by atoms with E-state index in [4.69, 9.17) is 14.0 Å². The van der Waals surface area contributed by atoms with Crippen LogP contribution in [0.3, 0.4) is 0 Å². The number of hydrogen-bond acceptors (Lipinski definition) is 6. The summed E-state index contributed by atoms with van der Waals surface area (Å²) in [4.78, 5) is 6.96. The molecule has 2 unspecified atom stereocenters. The molecule has 0 N–H and O–H groups in total. The first-order valence-electron chi connectivity index (χ1n) is 8.51. The molecule has 2 aliphatic heterocycles. The summed E-state index contributed by atoms with van der Waals surface area (Å²) in [5, 5.41) is 4.17. The number of hydrogen-bond donors (Lipinski definition) is 0. The molecule has 22 heavy (non-hydrogen) atoms. The van der Waals surface area contributed by atoms with Crippen LogP contribution in [0.15, 0.2) is 4.52 Å². The molecule has 0 saturated carbocycles. The second-order valence-corrected chi connectivity index (χ2v) is 6.55. The Morgan fingerprint density at radius 2 is 2.23 bits per heavy atom. The standard InChI is InChI=1S/C16H27N3O3/c1-12(2)16-17-15(18-22-16)14-6-3-7-19(14)8-10-20-11-13-5-4-9-21-13/h12-14H,3-11H2,1-2H3. The van der Waals surface area contributed by atoms with Gasteiger partial charge in [-0.15, -0.1) is 0 Å². The predicted molar refractivity (Wildman–Crippen MR) is 81.7 cm³/mol. The minimum Gasteiger partial charge on any atom is -0.377 e. The molecule has 3 rings (SSSR count). The van der Waals surface area contributed by atoms with Gasteiger partial charge in [0.05, 0.1) is 25.4 Å². The van der Waals surface area contributed by atoms with Gasteiger partial charge in [-0.25, -0.2) is 0 Å². The fourth-order valence-electron chi connectivity index (χ4n) is 3.18. The average molecular weight is 309 g/mol. The van der Waals surface area contributed by atoms with E-state index in [1.54, 1.807) is 0 Å².